The predicted molar refractivity (Wildman–Crippen MR) is 129 cm³/mol. The SMILES string of the molecule is Cc1cc(NC(=O)C(CC(C)C)NC(=O)Oc2ccc(Br)s2)ccc1C(=O)N1CCCC1. The third-order valence-electron chi connectivity index (χ3n) is 5.18. The van der Waals surface area contributed by atoms with Gasteiger partial charge in [-0.2, -0.15) is 0 Å². The number of carbonyl (C=O) groups excluding carboxylic acids is 3. The lowest BCUT2D eigenvalue weighted by Gasteiger charge is -2.20. The molecule has 1 aromatic heterocycles. The molecule has 0 radical (unpaired) electrons. The third-order valence-corrected chi connectivity index (χ3v) is 6.68. The highest BCUT2D eigenvalue weighted by molar-refractivity contribution is 9.11. The molecule has 0 saturated carbocycles. The van der Waals surface area contributed by atoms with E-state index in [9.17, 15) is 14.4 Å². The average molecular weight is 522 g/mol. The van der Waals surface area contributed by atoms with Gasteiger partial charge in [-0.25, -0.2) is 4.79 Å². The lowest BCUT2D eigenvalue weighted by molar-refractivity contribution is -0.118. The van der Waals surface area contributed by atoms with Gasteiger partial charge in [0, 0.05) is 24.3 Å². The Morgan fingerprint density at radius 2 is 1.88 bits per heavy atom. The van der Waals surface area contributed by atoms with E-state index >= 15 is 0 Å². The zero-order chi connectivity index (χ0) is 23.3. The van der Waals surface area contributed by atoms with E-state index in [-0.39, 0.29) is 17.7 Å². The highest BCUT2D eigenvalue weighted by Crippen LogP contribution is 2.28. The fourth-order valence-corrected chi connectivity index (χ4v) is 4.81. The molecule has 3 rings (SSSR count). The summed E-state index contributed by atoms with van der Waals surface area (Å²) in [6, 6.07) is 7.97. The van der Waals surface area contributed by atoms with E-state index in [1.807, 2.05) is 25.7 Å². The first-order chi connectivity index (χ1) is 15.2. The summed E-state index contributed by atoms with van der Waals surface area (Å²) in [6.45, 7) is 7.40. The number of hydrogen-bond donors (Lipinski definition) is 2. The Morgan fingerprint density at radius 3 is 2.47 bits per heavy atom. The summed E-state index contributed by atoms with van der Waals surface area (Å²) in [5, 5.41) is 5.96. The topological polar surface area (TPSA) is 87.7 Å². The van der Waals surface area contributed by atoms with Crippen molar-refractivity contribution in [1.29, 1.82) is 0 Å². The van der Waals surface area contributed by atoms with Gasteiger partial charge in [-0.15, -0.1) is 0 Å². The highest BCUT2D eigenvalue weighted by Gasteiger charge is 2.24. The summed E-state index contributed by atoms with van der Waals surface area (Å²) < 4.78 is 6.12. The van der Waals surface area contributed by atoms with Crippen LogP contribution in [-0.4, -0.2) is 41.9 Å². The fraction of sp³-hybridized carbons (Fsp3) is 0.435. The van der Waals surface area contributed by atoms with Crippen molar-refractivity contribution < 1.29 is 19.1 Å². The molecule has 2 N–H and O–H groups in total. The van der Waals surface area contributed by atoms with Gasteiger partial charge in [-0.05, 0) is 83.9 Å². The number of likely N-dealkylation sites (tertiary alicyclic amines) is 1. The van der Waals surface area contributed by atoms with Gasteiger partial charge in [0.2, 0.25) is 5.91 Å². The van der Waals surface area contributed by atoms with E-state index in [0.717, 1.165) is 35.3 Å². The molecule has 2 aromatic rings. The lowest BCUT2D eigenvalue weighted by Crippen LogP contribution is -2.45. The minimum absolute atomic E-state index is 0.0280. The van der Waals surface area contributed by atoms with Gasteiger partial charge < -0.3 is 20.3 Å². The smallest absolute Gasteiger partial charge is 0.399 e. The van der Waals surface area contributed by atoms with E-state index in [1.165, 1.54) is 11.3 Å². The minimum atomic E-state index is -0.753. The van der Waals surface area contributed by atoms with Gasteiger partial charge in [0.05, 0.1) is 3.79 Å². The van der Waals surface area contributed by atoms with Crippen LogP contribution in [0.15, 0.2) is 34.1 Å². The van der Waals surface area contributed by atoms with Gasteiger partial charge in [-0.3, -0.25) is 9.59 Å². The largest absolute Gasteiger partial charge is 0.414 e. The van der Waals surface area contributed by atoms with Gasteiger partial charge in [0.15, 0.2) is 5.06 Å². The molecule has 2 heterocycles. The van der Waals surface area contributed by atoms with Crippen molar-refractivity contribution in [2.45, 2.75) is 46.1 Å². The van der Waals surface area contributed by atoms with Crippen molar-refractivity contribution in [3.63, 3.8) is 0 Å². The summed E-state index contributed by atoms with van der Waals surface area (Å²) >= 11 is 4.61. The molecule has 0 spiro atoms. The Hall–Kier alpha value is -2.39. The predicted octanol–water partition coefficient (Wildman–Crippen LogP) is 5.20. The Bertz CT molecular complexity index is 985. The second-order valence-corrected chi connectivity index (χ2v) is 10.7. The summed E-state index contributed by atoms with van der Waals surface area (Å²) in [4.78, 5) is 39.8. The molecule has 0 bridgehead atoms. The van der Waals surface area contributed by atoms with Crippen LogP contribution < -0.4 is 15.4 Å². The van der Waals surface area contributed by atoms with Crippen LogP contribution in [0.4, 0.5) is 10.5 Å². The highest BCUT2D eigenvalue weighted by atomic mass is 79.9. The summed E-state index contributed by atoms with van der Waals surface area (Å²) in [7, 11) is 0. The van der Waals surface area contributed by atoms with Gasteiger partial charge in [0.25, 0.3) is 5.91 Å². The zero-order valence-electron chi connectivity index (χ0n) is 18.4. The number of benzene rings is 1. The van der Waals surface area contributed by atoms with Crippen LogP contribution >= 0.6 is 27.3 Å². The number of anilines is 1. The van der Waals surface area contributed by atoms with Crippen LogP contribution in [0.1, 0.15) is 49.0 Å². The molecule has 1 atom stereocenters. The molecule has 172 valence electrons. The molecule has 3 amide bonds. The van der Waals surface area contributed by atoms with Crippen LogP contribution in [0.25, 0.3) is 0 Å². The van der Waals surface area contributed by atoms with Crippen LogP contribution in [0.2, 0.25) is 0 Å². The number of rotatable bonds is 7. The van der Waals surface area contributed by atoms with Crippen LogP contribution in [-0.2, 0) is 4.79 Å². The molecule has 7 nitrogen and oxygen atoms in total. The summed E-state index contributed by atoms with van der Waals surface area (Å²) in [5.74, 6) is -0.120. The third kappa shape index (κ3) is 6.56. The molecule has 0 aliphatic carbocycles. The first kappa shape index (κ1) is 24.3. The Balaban J connectivity index is 1.65. The molecule has 1 aliphatic rings. The Labute approximate surface area is 200 Å². The lowest BCUT2D eigenvalue weighted by atomic mass is 10.0. The van der Waals surface area contributed by atoms with Gasteiger partial charge in [0.1, 0.15) is 6.04 Å². The van der Waals surface area contributed by atoms with E-state index in [1.54, 1.807) is 30.3 Å². The summed E-state index contributed by atoms with van der Waals surface area (Å²) in [5.41, 5.74) is 2.03. The van der Waals surface area contributed by atoms with E-state index < -0.39 is 12.1 Å². The number of thiophene rings is 1. The van der Waals surface area contributed by atoms with Crippen molar-refractivity contribution in [1.82, 2.24) is 10.2 Å². The maximum atomic E-state index is 12.9. The average Bonchev–Trinajstić information content (AvgIpc) is 3.38. The number of aryl methyl sites for hydroxylation is 1. The van der Waals surface area contributed by atoms with E-state index in [0.29, 0.717) is 22.7 Å². The number of halogens is 1. The van der Waals surface area contributed by atoms with Crippen molar-refractivity contribution >= 4 is 50.9 Å². The Kier molecular flexibility index (Phi) is 8.31. The van der Waals surface area contributed by atoms with Gasteiger partial charge in [-0.1, -0.05) is 25.2 Å². The standard InChI is InChI=1S/C23H28BrN3O4S/c1-14(2)12-18(26-23(30)31-20-9-8-19(24)32-20)21(28)25-16-6-7-17(15(3)13-16)22(29)27-10-4-5-11-27/h6-9,13-14,18H,4-5,10-12H2,1-3H3,(H,25,28)(H,26,30). The van der Waals surface area contributed by atoms with Crippen LogP contribution in [0.3, 0.4) is 0 Å². The molecular weight excluding hydrogens is 494 g/mol. The second-order valence-electron chi connectivity index (χ2n) is 8.29. The van der Waals surface area contributed by atoms with Crippen molar-refractivity contribution in [2.75, 3.05) is 18.4 Å². The first-order valence-electron chi connectivity index (χ1n) is 10.7. The number of amides is 3. The fourth-order valence-electron chi connectivity index (χ4n) is 3.62. The monoisotopic (exact) mass is 521 g/mol. The van der Waals surface area contributed by atoms with Gasteiger partial charge >= 0.3 is 6.09 Å². The molecular formula is C23H28BrN3O4S. The quantitative estimate of drug-likeness (QED) is 0.524. The molecule has 1 unspecified atom stereocenters. The van der Waals surface area contributed by atoms with Crippen LogP contribution in [0, 0.1) is 12.8 Å². The first-order valence-corrected chi connectivity index (χ1v) is 12.3. The molecule has 32 heavy (non-hydrogen) atoms. The van der Waals surface area contributed by atoms with E-state index in [2.05, 4.69) is 26.6 Å². The molecule has 9 heteroatoms. The maximum absolute atomic E-state index is 12.9. The number of nitrogens with zero attached hydrogens (tertiary/aromatic N) is 1. The molecule has 1 fully saturated rings. The normalized spacial score (nSPS) is 14.3. The number of nitrogens with one attached hydrogen (secondary N) is 2. The van der Waals surface area contributed by atoms with Crippen molar-refractivity contribution in [3.05, 3.63) is 45.2 Å². The van der Waals surface area contributed by atoms with Crippen molar-refractivity contribution in [3.8, 4) is 5.06 Å². The Morgan fingerprint density at radius 1 is 1.16 bits per heavy atom. The number of carbonyl (C=O) groups is 3. The number of ether oxygens (including phenoxy) is 1. The number of hydrogen-bond acceptors (Lipinski definition) is 5. The van der Waals surface area contributed by atoms with Crippen molar-refractivity contribution in [2.24, 2.45) is 5.92 Å². The van der Waals surface area contributed by atoms with Crippen LogP contribution in [0.5, 0.6) is 5.06 Å². The van der Waals surface area contributed by atoms with E-state index in [4.69, 9.17) is 4.74 Å². The maximum Gasteiger partial charge on any atom is 0.414 e. The second kappa shape index (κ2) is 11.0. The molecule has 1 saturated heterocycles. The molecule has 1 aliphatic heterocycles. The zero-order valence-corrected chi connectivity index (χ0v) is 20.8. The minimum Gasteiger partial charge on any atom is -0.399 e. The summed E-state index contributed by atoms with van der Waals surface area (Å²) in [6.07, 6.45) is 1.85. The molecule has 1 aromatic carbocycles.